The van der Waals surface area contributed by atoms with E-state index in [1.807, 2.05) is 19.3 Å². The van der Waals surface area contributed by atoms with Gasteiger partial charge in [-0.1, -0.05) is 0 Å². The number of likely N-dealkylation sites (N-methyl/N-ethyl adjacent to an activating group) is 1. The minimum absolute atomic E-state index is 0.103. The number of carbonyl (C=O) groups excluding carboxylic acids is 1. The van der Waals surface area contributed by atoms with E-state index in [1.54, 1.807) is 0 Å². The molecule has 22 heavy (non-hydrogen) atoms. The lowest BCUT2D eigenvalue weighted by atomic mass is 10.1. The topological polar surface area (TPSA) is 47.4 Å². The average Bonchev–Trinajstić information content (AvgIpc) is 2.82. The molecule has 0 unspecified atom stereocenters. The number of rotatable bonds is 5. The van der Waals surface area contributed by atoms with Gasteiger partial charge in [0.1, 0.15) is 0 Å². The minimum atomic E-state index is -0.103. The van der Waals surface area contributed by atoms with E-state index in [2.05, 4.69) is 27.6 Å². The zero-order valence-electron chi connectivity index (χ0n) is 13.3. The van der Waals surface area contributed by atoms with Crippen LogP contribution in [0.4, 0.5) is 0 Å². The average molecular weight is 301 g/mol. The molecule has 0 aliphatic carbocycles. The Labute approximate surface area is 130 Å². The molecule has 0 spiro atoms. The number of pyridine rings is 1. The smallest absolute Gasteiger partial charge is 0.305 e. The second-order valence-electron chi connectivity index (χ2n) is 5.87. The van der Waals surface area contributed by atoms with Gasteiger partial charge >= 0.3 is 5.97 Å². The predicted molar refractivity (Wildman–Crippen MR) is 85.6 cm³/mol. The van der Waals surface area contributed by atoms with Gasteiger partial charge in [0.05, 0.1) is 12.1 Å². The van der Waals surface area contributed by atoms with E-state index in [9.17, 15) is 4.79 Å². The lowest BCUT2D eigenvalue weighted by Gasteiger charge is -2.24. The Hall–Kier alpha value is -1.88. The Morgan fingerprint density at radius 3 is 3.14 bits per heavy atom. The molecule has 0 amide bonds. The summed E-state index contributed by atoms with van der Waals surface area (Å²) in [6, 6.07) is 2.08. The van der Waals surface area contributed by atoms with Crippen LogP contribution >= 0.6 is 0 Å². The summed E-state index contributed by atoms with van der Waals surface area (Å²) in [4.78, 5) is 18.1. The minimum Gasteiger partial charge on any atom is -0.466 e. The zero-order chi connectivity index (χ0) is 15.5. The highest BCUT2D eigenvalue weighted by molar-refractivity contribution is 5.85. The molecule has 2 aromatic heterocycles. The number of aromatic nitrogens is 2. The molecule has 1 aliphatic heterocycles. The summed E-state index contributed by atoms with van der Waals surface area (Å²) in [5.74, 6) is -0.103. The van der Waals surface area contributed by atoms with Crippen molar-refractivity contribution in [3.63, 3.8) is 0 Å². The summed E-state index contributed by atoms with van der Waals surface area (Å²) in [5, 5.41) is 1.25. The van der Waals surface area contributed by atoms with Crippen molar-refractivity contribution < 1.29 is 9.53 Å². The SMILES string of the molecule is CCOC(=O)CCCn1c2c(c3cnccc31)CN(C)CC2. The van der Waals surface area contributed by atoms with Crippen LogP contribution in [0.15, 0.2) is 18.5 Å². The van der Waals surface area contributed by atoms with E-state index >= 15 is 0 Å². The van der Waals surface area contributed by atoms with Crippen molar-refractivity contribution >= 4 is 16.9 Å². The quantitative estimate of drug-likeness (QED) is 0.796. The van der Waals surface area contributed by atoms with Crippen molar-refractivity contribution in [3.8, 4) is 0 Å². The van der Waals surface area contributed by atoms with Crippen LogP contribution in [-0.4, -0.2) is 40.6 Å². The number of esters is 1. The normalized spacial score (nSPS) is 15.0. The maximum absolute atomic E-state index is 11.5. The highest BCUT2D eigenvalue weighted by atomic mass is 16.5. The van der Waals surface area contributed by atoms with Crippen molar-refractivity contribution in [2.45, 2.75) is 39.3 Å². The fourth-order valence-electron chi connectivity index (χ4n) is 3.30. The second-order valence-corrected chi connectivity index (χ2v) is 5.87. The molecule has 2 aromatic rings. The Kier molecular flexibility index (Phi) is 4.43. The first-order chi connectivity index (χ1) is 10.7. The van der Waals surface area contributed by atoms with Gasteiger partial charge in [-0.3, -0.25) is 9.78 Å². The standard InChI is InChI=1S/C17H23N3O2/c1-3-22-17(21)5-4-9-20-15-6-8-18-11-13(15)14-12-19(2)10-7-16(14)20/h6,8,11H,3-5,7,9-10,12H2,1-2H3. The molecule has 0 aromatic carbocycles. The highest BCUT2D eigenvalue weighted by Gasteiger charge is 2.22. The summed E-state index contributed by atoms with van der Waals surface area (Å²) in [7, 11) is 2.16. The Morgan fingerprint density at radius 2 is 2.32 bits per heavy atom. The summed E-state index contributed by atoms with van der Waals surface area (Å²) in [6.07, 6.45) is 6.16. The zero-order valence-corrected chi connectivity index (χ0v) is 13.3. The van der Waals surface area contributed by atoms with Crippen LogP contribution in [0, 0.1) is 0 Å². The number of fused-ring (bicyclic) bond motifs is 3. The third-order valence-electron chi connectivity index (χ3n) is 4.31. The van der Waals surface area contributed by atoms with Crippen molar-refractivity contribution in [2.75, 3.05) is 20.2 Å². The van der Waals surface area contributed by atoms with Gasteiger partial charge in [-0.05, 0) is 32.0 Å². The van der Waals surface area contributed by atoms with Gasteiger partial charge < -0.3 is 14.2 Å². The van der Waals surface area contributed by atoms with Gasteiger partial charge in [-0.15, -0.1) is 0 Å². The molecule has 3 rings (SSSR count). The van der Waals surface area contributed by atoms with E-state index in [-0.39, 0.29) is 5.97 Å². The van der Waals surface area contributed by atoms with Gasteiger partial charge in [-0.25, -0.2) is 0 Å². The molecule has 0 N–H and O–H groups in total. The molecule has 0 atom stereocenters. The fourth-order valence-corrected chi connectivity index (χ4v) is 3.30. The first kappa shape index (κ1) is 15.0. The molecule has 5 heteroatoms. The van der Waals surface area contributed by atoms with Crippen LogP contribution in [0.5, 0.6) is 0 Å². The summed E-state index contributed by atoms with van der Waals surface area (Å²) in [6.45, 7) is 5.21. The lowest BCUT2D eigenvalue weighted by molar-refractivity contribution is -0.143. The van der Waals surface area contributed by atoms with Crippen molar-refractivity contribution in [2.24, 2.45) is 0 Å². The lowest BCUT2D eigenvalue weighted by Crippen LogP contribution is -2.27. The molecule has 3 heterocycles. The van der Waals surface area contributed by atoms with E-state index in [0.717, 1.165) is 32.5 Å². The summed E-state index contributed by atoms with van der Waals surface area (Å²) < 4.78 is 7.38. The summed E-state index contributed by atoms with van der Waals surface area (Å²) >= 11 is 0. The molecule has 1 aliphatic rings. The van der Waals surface area contributed by atoms with Crippen LogP contribution in [0.3, 0.4) is 0 Å². The summed E-state index contributed by atoms with van der Waals surface area (Å²) in [5.41, 5.74) is 4.04. The van der Waals surface area contributed by atoms with Crippen LogP contribution in [0.2, 0.25) is 0 Å². The van der Waals surface area contributed by atoms with Gasteiger partial charge in [-0.2, -0.15) is 0 Å². The van der Waals surface area contributed by atoms with Crippen molar-refractivity contribution in [1.29, 1.82) is 0 Å². The van der Waals surface area contributed by atoms with E-state index < -0.39 is 0 Å². The van der Waals surface area contributed by atoms with Gasteiger partial charge in [0.2, 0.25) is 0 Å². The van der Waals surface area contributed by atoms with Crippen LogP contribution in [-0.2, 0) is 29.0 Å². The molecule has 0 fully saturated rings. The van der Waals surface area contributed by atoms with Crippen LogP contribution in [0.25, 0.3) is 10.9 Å². The molecule has 0 radical (unpaired) electrons. The number of hydrogen-bond donors (Lipinski definition) is 0. The fraction of sp³-hybridized carbons (Fsp3) is 0.529. The maximum atomic E-state index is 11.5. The first-order valence-corrected chi connectivity index (χ1v) is 7.98. The monoisotopic (exact) mass is 301 g/mol. The number of aryl methyl sites for hydroxylation is 1. The van der Waals surface area contributed by atoms with E-state index in [0.29, 0.717) is 13.0 Å². The Balaban J connectivity index is 1.84. The molecule has 0 saturated carbocycles. The van der Waals surface area contributed by atoms with Crippen LogP contribution in [0.1, 0.15) is 31.0 Å². The third kappa shape index (κ3) is 2.86. The van der Waals surface area contributed by atoms with Crippen LogP contribution < -0.4 is 0 Å². The van der Waals surface area contributed by atoms with Crippen molar-refractivity contribution in [3.05, 3.63) is 29.7 Å². The van der Waals surface area contributed by atoms with Gasteiger partial charge in [0.25, 0.3) is 0 Å². The Bertz CT molecular complexity index is 678. The molecule has 0 saturated heterocycles. The number of nitrogens with zero attached hydrogens (tertiary/aromatic N) is 3. The van der Waals surface area contributed by atoms with E-state index in [1.165, 1.54) is 22.2 Å². The molecule has 0 bridgehead atoms. The molecule has 5 nitrogen and oxygen atoms in total. The third-order valence-corrected chi connectivity index (χ3v) is 4.31. The Morgan fingerprint density at radius 1 is 1.45 bits per heavy atom. The molecular weight excluding hydrogens is 278 g/mol. The molecule has 118 valence electrons. The number of ether oxygens (including phenoxy) is 1. The van der Waals surface area contributed by atoms with E-state index in [4.69, 9.17) is 4.74 Å². The first-order valence-electron chi connectivity index (χ1n) is 7.98. The number of carbonyl (C=O) groups is 1. The highest BCUT2D eigenvalue weighted by Crippen LogP contribution is 2.30. The van der Waals surface area contributed by atoms with Gasteiger partial charge in [0, 0.05) is 55.9 Å². The van der Waals surface area contributed by atoms with Crippen molar-refractivity contribution in [1.82, 2.24) is 14.5 Å². The maximum Gasteiger partial charge on any atom is 0.305 e. The van der Waals surface area contributed by atoms with Gasteiger partial charge in [0.15, 0.2) is 0 Å². The predicted octanol–water partition coefficient (Wildman–Crippen LogP) is 2.37. The number of hydrogen-bond acceptors (Lipinski definition) is 4. The molecular formula is C17H23N3O2. The second kappa shape index (κ2) is 6.48. The largest absolute Gasteiger partial charge is 0.466 e.